The Labute approximate surface area is 116 Å². The molecule has 0 atom stereocenters. The van der Waals surface area contributed by atoms with Crippen molar-refractivity contribution in [1.82, 2.24) is 10.2 Å². The third-order valence-corrected chi connectivity index (χ3v) is 2.64. The van der Waals surface area contributed by atoms with Crippen molar-refractivity contribution >= 4 is 17.5 Å². The van der Waals surface area contributed by atoms with Crippen LogP contribution in [0.4, 0.5) is 16.0 Å². The summed E-state index contributed by atoms with van der Waals surface area (Å²) < 4.78 is 12.8. The number of amides is 1. The first-order chi connectivity index (χ1) is 9.67. The molecular formula is C14H15FN4O. The molecule has 2 rings (SSSR count). The maximum atomic E-state index is 12.8. The fraction of sp³-hybridized carbons (Fsp3) is 0.214. The lowest BCUT2D eigenvalue weighted by Crippen LogP contribution is -2.11. The van der Waals surface area contributed by atoms with Gasteiger partial charge in [-0.25, -0.2) is 4.39 Å². The fourth-order valence-corrected chi connectivity index (χ4v) is 1.52. The Bertz CT molecular complexity index is 569. The van der Waals surface area contributed by atoms with Gasteiger partial charge in [-0.15, -0.1) is 10.2 Å². The summed E-state index contributed by atoms with van der Waals surface area (Å²) in [6.45, 7) is 2.29. The summed E-state index contributed by atoms with van der Waals surface area (Å²) in [5.74, 6) is 0.642. The maximum absolute atomic E-state index is 12.8. The van der Waals surface area contributed by atoms with Crippen molar-refractivity contribution < 1.29 is 9.18 Å². The average Bonchev–Trinajstić information content (AvgIpc) is 2.48. The largest absolute Gasteiger partial charge is 0.365 e. The van der Waals surface area contributed by atoms with Gasteiger partial charge in [0.1, 0.15) is 11.6 Å². The van der Waals surface area contributed by atoms with Gasteiger partial charge in [-0.3, -0.25) is 4.79 Å². The van der Waals surface area contributed by atoms with Gasteiger partial charge >= 0.3 is 0 Å². The molecule has 1 aromatic heterocycles. The lowest BCUT2D eigenvalue weighted by atomic mass is 10.2. The predicted octanol–water partition coefficient (Wildman–Crippen LogP) is 2.58. The van der Waals surface area contributed by atoms with Crippen LogP contribution >= 0.6 is 0 Å². The Morgan fingerprint density at radius 2 is 1.75 bits per heavy atom. The van der Waals surface area contributed by atoms with Crippen molar-refractivity contribution in [2.45, 2.75) is 19.9 Å². The van der Waals surface area contributed by atoms with E-state index in [-0.39, 0.29) is 11.7 Å². The van der Waals surface area contributed by atoms with Crippen LogP contribution in [0.25, 0.3) is 0 Å². The van der Waals surface area contributed by atoms with Gasteiger partial charge in [0, 0.05) is 13.0 Å². The van der Waals surface area contributed by atoms with E-state index >= 15 is 0 Å². The summed E-state index contributed by atoms with van der Waals surface area (Å²) in [5.41, 5.74) is 0.941. The summed E-state index contributed by atoms with van der Waals surface area (Å²) in [6, 6.07) is 9.62. The number of hydrogen-bond donors (Lipinski definition) is 2. The number of anilines is 2. The van der Waals surface area contributed by atoms with Gasteiger partial charge in [-0.1, -0.05) is 19.1 Å². The van der Waals surface area contributed by atoms with Crippen LogP contribution in [0.1, 0.15) is 18.9 Å². The smallest absolute Gasteiger partial charge is 0.225 e. The summed E-state index contributed by atoms with van der Waals surface area (Å²) >= 11 is 0. The van der Waals surface area contributed by atoms with Crippen LogP contribution in [0, 0.1) is 5.82 Å². The van der Waals surface area contributed by atoms with E-state index in [4.69, 9.17) is 0 Å². The Hall–Kier alpha value is -2.50. The summed E-state index contributed by atoms with van der Waals surface area (Å²) in [6.07, 6.45) is 0.395. The molecule has 0 spiro atoms. The second kappa shape index (κ2) is 6.60. The van der Waals surface area contributed by atoms with Crippen LogP contribution < -0.4 is 10.6 Å². The average molecular weight is 274 g/mol. The predicted molar refractivity (Wildman–Crippen MR) is 74.7 cm³/mol. The number of nitrogens with one attached hydrogen (secondary N) is 2. The van der Waals surface area contributed by atoms with E-state index in [2.05, 4.69) is 20.8 Å². The summed E-state index contributed by atoms with van der Waals surface area (Å²) in [7, 11) is 0. The minimum atomic E-state index is -0.260. The first kappa shape index (κ1) is 13.9. The van der Waals surface area contributed by atoms with Crippen molar-refractivity contribution in [3.63, 3.8) is 0 Å². The quantitative estimate of drug-likeness (QED) is 0.879. The van der Waals surface area contributed by atoms with Crippen LogP contribution in [0.3, 0.4) is 0 Å². The zero-order chi connectivity index (χ0) is 14.4. The first-order valence-corrected chi connectivity index (χ1v) is 6.29. The third kappa shape index (κ3) is 4.01. The molecule has 0 aliphatic rings. The van der Waals surface area contributed by atoms with Gasteiger partial charge in [0.05, 0.1) is 0 Å². The molecule has 2 N–H and O–H groups in total. The number of carbonyl (C=O) groups excluding carboxylic acids is 1. The van der Waals surface area contributed by atoms with Crippen LogP contribution in [0.15, 0.2) is 36.4 Å². The van der Waals surface area contributed by atoms with E-state index in [1.54, 1.807) is 31.2 Å². The minimum Gasteiger partial charge on any atom is -0.365 e. The van der Waals surface area contributed by atoms with E-state index in [1.165, 1.54) is 12.1 Å². The molecule has 0 saturated heterocycles. The minimum absolute atomic E-state index is 0.105. The van der Waals surface area contributed by atoms with Gasteiger partial charge < -0.3 is 10.6 Å². The van der Waals surface area contributed by atoms with Gasteiger partial charge in [0.15, 0.2) is 5.82 Å². The lowest BCUT2D eigenvalue weighted by Gasteiger charge is -2.06. The van der Waals surface area contributed by atoms with Crippen LogP contribution in [-0.2, 0) is 11.3 Å². The number of benzene rings is 1. The summed E-state index contributed by atoms with van der Waals surface area (Å²) in [5, 5.41) is 13.5. The number of hydrogen-bond acceptors (Lipinski definition) is 4. The van der Waals surface area contributed by atoms with Crippen molar-refractivity contribution in [3.05, 3.63) is 47.8 Å². The van der Waals surface area contributed by atoms with E-state index < -0.39 is 0 Å². The Kier molecular flexibility index (Phi) is 4.60. The van der Waals surface area contributed by atoms with E-state index in [9.17, 15) is 9.18 Å². The van der Waals surface area contributed by atoms with E-state index in [0.29, 0.717) is 24.6 Å². The van der Waals surface area contributed by atoms with Crippen molar-refractivity contribution in [2.24, 2.45) is 0 Å². The normalized spacial score (nSPS) is 10.1. The third-order valence-electron chi connectivity index (χ3n) is 2.64. The Morgan fingerprint density at radius 3 is 2.35 bits per heavy atom. The lowest BCUT2D eigenvalue weighted by molar-refractivity contribution is -0.115. The van der Waals surface area contributed by atoms with E-state index in [0.717, 1.165) is 5.56 Å². The van der Waals surface area contributed by atoms with Crippen LogP contribution in [-0.4, -0.2) is 16.1 Å². The van der Waals surface area contributed by atoms with Crippen LogP contribution in [0.5, 0.6) is 0 Å². The number of nitrogens with zero attached hydrogens (tertiary/aromatic N) is 2. The zero-order valence-electron chi connectivity index (χ0n) is 11.1. The van der Waals surface area contributed by atoms with Gasteiger partial charge in [-0.05, 0) is 29.8 Å². The number of rotatable bonds is 5. The second-order valence-corrected chi connectivity index (χ2v) is 4.19. The van der Waals surface area contributed by atoms with E-state index in [1.807, 2.05) is 0 Å². The monoisotopic (exact) mass is 274 g/mol. The highest BCUT2D eigenvalue weighted by Crippen LogP contribution is 2.09. The molecule has 0 unspecified atom stereocenters. The molecule has 1 amide bonds. The molecule has 0 aliphatic heterocycles. The standard InChI is InChI=1S/C14H15FN4O/c1-2-14(20)17-13-8-7-12(18-19-13)16-9-10-3-5-11(15)6-4-10/h3-8H,2,9H2,1H3,(H,16,18)(H,17,19,20). The Balaban J connectivity index is 1.90. The highest BCUT2D eigenvalue weighted by Gasteiger charge is 2.01. The highest BCUT2D eigenvalue weighted by atomic mass is 19.1. The molecule has 0 fully saturated rings. The number of aromatic nitrogens is 2. The van der Waals surface area contributed by atoms with Crippen LogP contribution in [0.2, 0.25) is 0 Å². The van der Waals surface area contributed by atoms with Crippen molar-refractivity contribution in [2.75, 3.05) is 10.6 Å². The molecule has 104 valence electrons. The molecule has 2 aromatic rings. The molecule has 0 saturated carbocycles. The highest BCUT2D eigenvalue weighted by molar-refractivity contribution is 5.89. The molecule has 20 heavy (non-hydrogen) atoms. The molecule has 0 aliphatic carbocycles. The van der Waals surface area contributed by atoms with Gasteiger partial charge in [-0.2, -0.15) is 0 Å². The van der Waals surface area contributed by atoms with Crippen molar-refractivity contribution in [1.29, 1.82) is 0 Å². The molecular weight excluding hydrogens is 259 g/mol. The molecule has 0 bridgehead atoms. The molecule has 5 nitrogen and oxygen atoms in total. The van der Waals surface area contributed by atoms with Gasteiger partial charge in [0.2, 0.25) is 5.91 Å². The molecule has 1 heterocycles. The zero-order valence-corrected chi connectivity index (χ0v) is 11.1. The molecule has 1 aromatic carbocycles. The van der Waals surface area contributed by atoms with Crippen molar-refractivity contribution in [3.8, 4) is 0 Å². The maximum Gasteiger partial charge on any atom is 0.225 e. The topological polar surface area (TPSA) is 66.9 Å². The molecule has 0 radical (unpaired) electrons. The number of halogens is 1. The summed E-state index contributed by atoms with van der Waals surface area (Å²) in [4.78, 5) is 11.2. The number of carbonyl (C=O) groups is 1. The SMILES string of the molecule is CCC(=O)Nc1ccc(NCc2ccc(F)cc2)nn1. The second-order valence-electron chi connectivity index (χ2n) is 4.19. The fourth-order valence-electron chi connectivity index (χ4n) is 1.52. The Morgan fingerprint density at radius 1 is 1.10 bits per heavy atom. The molecule has 6 heteroatoms. The van der Waals surface area contributed by atoms with Gasteiger partial charge in [0.25, 0.3) is 0 Å². The first-order valence-electron chi connectivity index (χ1n) is 6.29.